The first-order valence-electron chi connectivity index (χ1n) is 8.89. The molecule has 0 aliphatic carbocycles. The Kier molecular flexibility index (Phi) is 7.69. The second-order valence-electron chi connectivity index (χ2n) is 6.60. The molecule has 2 atom stereocenters. The fraction of sp³-hybridized carbons (Fsp3) is 0.632. The first kappa shape index (κ1) is 18.9. The summed E-state index contributed by atoms with van der Waals surface area (Å²) >= 11 is 0. The van der Waals surface area contributed by atoms with Crippen LogP contribution in [0.4, 0.5) is 0 Å². The maximum absolute atomic E-state index is 12.4. The molecule has 1 aliphatic rings. The molecule has 1 N–H and O–H groups in total. The summed E-state index contributed by atoms with van der Waals surface area (Å²) in [7, 11) is 1.74. The lowest BCUT2D eigenvalue weighted by Crippen LogP contribution is -2.54. The highest BCUT2D eigenvalue weighted by atomic mass is 16.5. The predicted molar refractivity (Wildman–Crippen MR) is 97.2 cm³/mol. The van der Waals surface area contributed by atoms with Crippen molar-refractivity contribution in [2.75, 3.05) is 53.0 Å². The molecular weight excluding hydrogens is 302 g/mol. The molecule has 0 spiro atoms. The molecule has 0 radical (unpaired) electrons. The smallest absolute Gasteiger partial charge is 0.237 e. The molecular formula is C19H31N3O2. The Morgan fingerprint density at radius 1 is 1.17 bits per heavy atom. The molecule has 24 heavy (non-hydrogen) atoms. The number of benzene rings is 1. The van der Waals surface area contributed by atoms with Gasteiger partial charge in [0.15, 0.2) is 0 Å². The summed E-state index contributed by atoms with van der Waals surface area (Å²) < 4.78 is 5.13. The number of nitrogens with zero attached hydrogens (tertiary/aromatic N) is 2. The van der Waals surface area contributed by atoms with Crippen LogP contribution in [0.5, 0.6) is 0 Å². The molecule has 134 valence electrons. The molecule has 5 nitrogen and oxygen atoms in total. The molecule has 1 fully saturated rings. The molecule has 0 bridgehead atoms. The molecule has 1 heterocycles. The van der Waals surface area contributed by atoms with Crippen LogP contribution in [0.3, 0.4) is 0 Å². The van der Waals surface area contributed by atoms with Crippen molar-refractivity contribution < 1.29 is 9.53 Å². The summed E-state index contributed by atoms with van der Waals surface area (Å²) in [5, 5.41) is 3.11. The van der Waals surface area contributed by atoms with Crippen molar-refractivity contribution in [3.05, 3.63) is 35.9 Å². The number of amides is 1. The van der Waals surface area contributed by atoms with Crippen LogP contribution >= 0.6 is 0 Å². The van der Waals surface area contributed by atoms with E-state index in [0.29, 0.717) is 12.5 Å². The summed E-state index contributed by atoms with van der Waals surface area (Å²) in [5.74, 6) is 0.455. The van der Waals surface area contributed by atoms with Gasteiger partial charge >= 0.3 is 0 Å². The molecule has 1 aromatic carbocycles. The van der Waals surface area contributed by atoms with Gasteiger partial charge in [0.2, 0.25) is 5.91 Å². The molecule has 0 saturated carbocycles. The molecule has 0 aromatic heterocycles. The Morgan fingerprint density at radius 2 is 1.83 bits per heavy atom. The van der Waals surface area contributed by atoms with E-state index in [1.54, 1.807) is 7.11 Å². The van der Waals surface area contributed by atoms with Gasteiger partial charge in [-0.25, -0.2) is 0 Å². The number of rotatable bonds is 8. The predicted octanol–water partition coefficient (Wildman–Crippen LogP) is 1.56. The van der Waals surface area contributed by atoms with E-state index in [4.69, 9.17) is 4.74 Å². The highest BCUT2D eigenvalue weighted by Gasteiger charge is 2.25. The molecule has 1 saturated heterocycles. The maximum atomic E-state index is 12.4. The number of carbonyl (C=O) groups excluding carboxylic acids is 1. The van der Waals surface area contributed by atoms with Crippen molar-refractivity contribution in [2.45, 2.75) is 25.8 Å². The van der Waals surface area contributed by atoms with Gasteiger partial charge in [-0.1, -0.05) is 37.3 Å². The fourth-order valence-electron chi connectivity index (χ4n) is 3.06. The fourth-order valence-corrected chi connectivity index (χ4v) is 3.06. The third-order valence-corrected chi connectivity index (χ3v) is 4.90. The Hall–Kier alpha value is -1.43. The largest absolute Gasteiger partial charge is 0.383 e. The second kappa shape index (κ2) is 9.77. The minimum Gasteiger partial charge on any atom is -0.383 e. The van der Waals surface area contributed by atoms with Crippen LogP contribution in [0.2, 0.25) is 0 Å². The lowest BCUT2D eigenvalue weighted by molar-refractivity contribution is -0.126. The highest BCUT2D eigenvalue weighted by Crippen LogP contribution is 2.13. The van der Waals surface area contributed by atoms with Crippen LogP contribution < -0.4 is 5.32 Å². The van der Waals surface area contributed by atoms with Gasteiger partial charge in [-0.15, -0.1) is 0 Å². The van der Waals surface area contributed by atoms with Gasteiger partial charge in [-0.2, -0.15) is 0 Å². The van der Waals surface area contributed by atoms with Crippen LogP contribution in [0.25, 0.3) is 0 Å². The Morgan fingerprint density at radius 3 is 2.46 bits per heavy atom. The van der Waals surface area contributed by atoms with E-state index in [1.807, 2.05) is 25.1 Å². The average Bonchev–Trinajstić information content (AvgIpc) is 2.64. The van der Waals surface area contributed by atoms with Crippen molar-refractivity contribution in [1.29, 1.82) is 0 Å². The summed E-state index contributed by atoms with van der Waals surface area (Å²) in [6.45, 7) is 10.5. The number of hydrogen-bond acceptors (Lipinski definition) is 4. The Bertz CT molecular complexity index is 487. The molecule has 2 rings (SSSR count). The maximum Gasteiger partial charge on any atom is 0.237 e. The van der Waals surface area contributed by atoms with Gasteiger partial charge in [0, 0.05) is 46.4 Å². The van der Waals surface area contributed by atoms with E-state index in [-0.39, 0.29) is 11.9 Å². The van der Waals surface area contributed by atoms with Gasteiger partial charge in [-0.3, -0.25) is 14.6 Å². The number of piperazine rings is 1. The lowest BCUT2D eigenvalue weighted by Gasteiger charge is -2.37. The molecule has 5 heteroatoms. The highest BCUT2D eigenvalue weighted by molar-refractivity contribution is 5.81. The minimum absolute atomic E-state index is 0.0717. The second-order valence-corrected chi connectivity index (χ2v) is 6.60. The number of hydrogen-bond donors (Lipinski definition) is 1. The molecule has 1 aromatic rings. The Labute approximate surface area is 146 Å². The monoisotopic (exact) mass is 333 g/mol. The minimum atomic E-state index is -0.0717. The zero-order valence-corrected chi connectivity index (χ0v) is 15.2. The van der Waals surface area contributed by atoms with Gasteiger partial charge in [0.25, 0.3) is 0 Å². The van der Waals surface area contributed by atoms with Gasteiger partial charge < -0.3 is 10.1 Å². The van der Waals surface area contributed by atoms with E-state index in [0.717, 1.165) is 39.3 Å². The van der Waals surface area contributed by atoms with E-state index >= 15 is 0 Å². The first-order valence-corrected chi connectivity index (χ1v) is 8.89. The number of carbonyl (C=O) groups is 1. The van der Waals surface area contributed by atoms with Crippen molar-refractivity contribution in [3.8, 4) is 0 Å². The molecule has 1 aliphatic heterocycles. The van der Waals surface area contributed by atoms with Gasteiger partial charge in [-0.05, 0) is 18.4 Å². The Balaban J connectivity index is 1.72. The van der Waals surface area contributed by atoms with Crippen LogP contribution in [0.1, 0.15) is 25.3 Å². The van der Waals surface area contributed by atoms with Crippen molar-refractivity contribution in [1.82, 2.24) is 15.1 Å². The SMILES string of the molecule is COCCN1CCN([C@H](C)C(=O)NC[C@H](C)c2ccccc2)CC1. The van der Waals surface area contributed by atoms with E-state index in [2.05, 4.69) is 34.2 Å². The number of methoxy groups -OCH3 is 1. The summed E-state index contributed by atoms with van der Waals surface area (Å²) in [6.07, 6.45) is 0. The van der Waals surface area contributed by atoms with Crippen LogP contribution in [0.15, 0.2) is 30.3 Å². The van der Waals surface area contributed by atoms with Crippen LogP contribution in [-0.4, -0.2) is 74.7 Å². The number of ether oxygens (including phenoxy) is 1. The van der Waals surface area contributed by atoms with E-state index in [9.17, 15) is 4.79 Å². The van der Waals surface area contributed by atoms with Crippen molar-refractivity contribution in [2.24, 2.45) is 0 Å². The molecule has 0 unspecified atom stereocenters. The summed E-state index contributed by atoms with van der Waals surface area (Å²) in [6, 6.07) is 10.2. The zero-order valence-electron chi connectivity index (χ0n) is 15.2. The average molecular weight is 333 g/mol. The summed E-state index contributed by atoms with van der Waals surface area (Å²) in [4.78, 5) is 17.1. The topological polar surface area (TPSA) is 44.8 Å². The third kappa shape index (κ3) is 5.58. The first-order chi connectivity index (χ1) is 11.6. The van der Waals surface area contributed by atoms with Crippen LogP contribution in [-0.2, 0) is 9.53 Å². The summed E-state index contributed by atoms with van der Waals surface area (Å²) in [5.41, 5.74) is 1.26. The van der Waals surface area contributed by atoms with Crippen molar-refractivity contribution >= 4 is 5.91 Å². The standard InChI is InChI=1S/C19H31N3O2/c1-16(18-7-5-4-6-8-18)15-20-19(23)17(2)22-11-9-21(10-12-22)13-14-24-3/h4-8,16-17H,9-15H2,1-3H3,(H,20,23)/t16-,17+/m0/s1. The zero-order chi connectivity index (χ0) is 17.4. The number of nitrogens with one attached hydrogen (secondary N) is 1. The van der Waals surface area contributed by atoms with E-state index < -0.39 is 0 Å². The third-order valence-electron chi connectivity index (χ3n) is 4.90. The lowest BCUT2D eigenvalue weighted by atomic mass is 10.0. The van der Waals surface area contributed by atoms with Gasteiger partial charge in [0.05, 0.1) is 12.6 Å². The van der Waals surface area contributed by atoms with E-state index in [1.165, 1.54) is 5.56 Å². The van der Waals surface area contributed by atoms with Gasteiger partial charge in [0.1, 0.15) is 0 Å². The van der Waals surface area contributed by atoms with Crippen molar-refractivity contribution in [3.63, 3.8) is 0 Å². The normalized spacial score (nSPS) is 19.0. The molecule has 1 amide bonds. The van der Waals surface area contributed by atoms with Crippen LogP contribution in [0, 0.1) is 0 Å². The quantitative estimate of drug-likeness (QED) is 0.784.